The zero-order chi connectivity index (χ0) is 14.1. The standard InChI is InChI=1S/C16H17F2NS/c1-10(13-9-11(17)5-6-14(13)18)19-15-3-2-4-16-12(15)7-8-20-16/h5-10,15,19H,2-4H2,1H3. The minimum absolute atomic E-state index is 0.207. The molecule has 1 aromatic heterocycles. The van der Waals surface area contributed by atoms with Gasteiger partial charge in [-0.05, 0) is 61.4 Å². The molecule has 0 saturated heterocycles. The molecule has 0 aliphatic heterocycles. The quantitative estimate of drug-likeness (QED) is 0.860. The summed E-state index contributed by atoms with van der Waals surface area (Å²) < 4.78 is 27.1. The van der Waals surface area contributed by atoms with Gasteiger partial charge in [0.05, 0.1) is 0 Å². The van der Waals surface area contributed by atoms with Crippen LogP contribution in [-0.2, 0) is 6.42 Å². The van der Waals surface area contributed by atoms with Crippen molar-refractivity contribution >= 4 is 11.3 Å². The molecule has 1 aromatic carbocycles. The Bertz CT molecular complexity index is 608. The first kappa shape index (κ1) is 13.7. The second kappa shape index (κ2) is 5.62. The smallest absolute Gasteiger partial charge is 0.128 e. The molecule has 2 unspecified atom stereocenters. The lowest BCUT2D eigenvalue weighted by Crippen LogP contribution is -2.27. The number of aryl methyl sites for hydroxylation is 1. The number of halogens is 2. The summed E-state index contributed by atoms with van der Waals surface area (Å²) in [4.78, 5) is 1.42. The molecule has 1 aliphatic carbocycles. The Morgan fingerprint density at radius 3 is 3.00 bits per heavy atom. The summed E-state index contributed by atoms with van der Waals surface area (Å²) in [5, 5.41) is 5.55. The third kappa shape index (κ3) is 2.63. The van der Waals surface area contributed by atoms with E-state index >= 15 is 0 Å². The first-order valence-corrected chi connectivity index (χ1v) is 7.80. The zero-order valence-corrected chi connectivity index (χ0v) is 12.1. The zero-order valence-electron chi connectivity index (χ0n) is 11.3. The van der Waals surface area contributed by atoms with E-state index in [1.165, 1.54) is 22.6 Å². The molecule has 0 amide bonds. The fourth-order valence-electron chi connectivity index (χ4n) is 2.90. The molecule has 20 heavy (non-hydrogen) atoms. The van der Waals surface area contributed by atoms with Crippen molar-refractivity contribution in [3.63, 3.8) is 0 Å². The van der Waals surface area contributed by atoms with E-state index in [-0.39, 0.29) is 17.9 Å². The molecule has 1 nitrogen and oxygen atoms in total. The van der Waals surface area contributed by atoms with Crippen LogP contribution in [0.5, 0.6) is 0 Å². The summed E-state index contributed by atoms with van der Waals surface area (Å²) in [6.07, 6.45) is 3.32. The summed E-state index contributed by atoms with van der Waals surface area (Å²) in [6.45, 7) is 1.89. The second-order valence-electron chi connectivity index (χ2n) is 5.30. The number of thiophene rings is 1. The van der Waals surface area contributed by atoms with Gasteiger partial charge in [0, 0.05) is 22.5 Å². The van der Waals surface area contributed by atoms with E-state index in [0.29, 0.717) is 5.56 Å². The molecular weight excluding hydrogens is 276 g/mol. The molecule has 4 heteroatoms. The maximum absolute atomic E-state index is 13.8. The van der Waals surface area contributed by atoms with Gasteiger partial charge in [-0.1, -0.05) is 0 Å². The van der Waals surface area contributed by atoms with E-state index in [0.717, 1.165) is 25.3 Å². The van der Waals surface area contributed by atoms with Gasteiger partial charge in [-0.3, -0.25) is 0 Å². The molecule has 1 heterocycles. The normalized spacial score (nSPS) is 19.6. The van der Waals surface area contributed by atoms with E-state index in [2.05, 4.69) is 16.8 Å². The van der Waals surface area contributed by atoms with Gasteiger partial charge in [0.1, 0.15) is 11.6 Å². The van der Waals surface area contributed by atoms with Gasteiger partial charge in [0.2, 0.25) is 0 Å². The number of fused-ring (bicyclic) bond motifs is 1. The first-order chi connectivity index (χ1) is 9.65. The molecule has 2 aromatic rings. The largest absolute Gasteiger partial charge is 0.303 e. The fourth-order valence-corrected chi connectivity index (χ4v) is 3.89. The van der Waals surface area contributed by atoms with Crippen molar-refractivity contribution in [2.75, 3.05) is 0 Å². The Morgan fingerprint density at radius 1 is 1.30 bits per heavy atom. The molecule has 1 aliphatic rings. The molecule has 3 rings (SSSR count). The first-order valence-electron chi connectivity index (χ1n) is 6.92. The molecule has 0 saturated carbocycles. The SMILES string of the molecule is CC(NC1CCCc2sccc21)c1cc(F)ccc1F. The van der Waals surface area contributed by atoms with Crippen molar-refractivity contribution < 1.29 is 8.78 Å². The Balaban J connectivity index is 1.80. The van der Waals surface area contributed by atoms with Crippen LogP contribution in [0.1, 0.15) is 47.9 Å². The van der Waals surface area contributed by atoms with E-state index in [4.69, 9.17) is 0 Å². The van der Waals surface area contributed by atoms with Crippen LogP contribution in [0.4, 0.5) is 8.78 Å². The Morgan fingerprint density at radius 2 is 2.15 bits per heavy atom. The number of nitrogens with one attached hydrogen (secondary N) is 1. The lowest BCUT2D eigenvalue weighted by atomic mass is 9.93. The maximum Gasteiger partial charge on any atom is 0.128 e. The van der Waals surface area contributed by atoms with Gasteiger partial charge in [-0.2, -0.15) is 0 Å². The van der Waals surface area contributed by atoms with E-state index < -0.39 is 5.82 Å². The van der Waals surface area contributed by atoms with Crippen LogP contribution >= 0.6 is 11.3 Å². The summed E-state index contributed by atoms with van der Waals surface area (Å²) >= 11 is 1.78. The van der Waals surface area contributed by atoms with Gasteiger partial charge in [-0.25, -0.2) is 8.78 Å². The average Bonchev–Trinajstić information content (AvgIpc) is 2.91. The average molecular weight is 293 g/mol. The van der Waals surface area contributed by atoms with Gasteiger partial charge in [-0.15, -0.1) is 11.3 Å². The number of benzene rings is 1. The predicted molar refractivity (Wildman–Crippen MR) is 77.9 cm³/mol. The van der Waals surface area contributed by atoms with E-state index in [9.17, 15) is 8.78 Å². The van der Waals surface area contributed by atoms with Gasteiger partial charge in [0.15, 0.2) is 0 Å². The Labute approximate surface area is 121 Å². The molecule has 0 spiro atoms. The Kier molecular flexibility index (Phi) is 3.85. The highest BCUT2D eigenvalue weighted by Crippen LogP contribution is 2.35. The highest BCUT2D eigenvalue weighted by molar-refractivity contribution is 7.10. The van der Waals surface area contributed by atoms with Crippen molar-refractivity contribution in [2.24, 2.45) is 0 Å². The lowest BCUT2D eigenvalue weighted by molar-refractivity contribution is 0.408. The number of hydrogen-bond acceptors (Lipinski definition) is 2. The van der Waals surface area contributed by atoms with E-state index in [1.807, 2.05) is 6.92 Å². The van der Waals surface area contributed by atoms with Gasteiger partial charge < -0.3 is 5.32 Å². The topological polar surface area (TPSA) is 12.0 Å². The van der Waals surface area contributed by atoms with Gasteiger partial charge >= 0.3 is 0 Å². The molecule has 0 radical (unpaired) electrons. The number of hydrogen-bond donors (Lipinski definition) is 1. The molecule has 2 atom stereocenters. The molecular formula is C16H17F2NS. The molecule has 0 bridgehead atoms. The van der Waals surface area contributed by atoms with Crippen molar-refractivity contribution in [1.82, 2.24) is 5.32 Å². The van der Waals surface area contributed by atoms with Crippen molar-refractivity contribution in [3.8, 4) is 0 Å². The predicted octanol–water partition coefficient (Wildman–Crippen LogP) is 4.75. The molecule has 0 fully saturated rings. The fraction of sp³-hybridized carbons (Fsp3) is 0.375. The van der Waals surface area contributed by atoms with Crippen molar-refractivity contribution in [2.45, 2.75) is 38.3 Å². The summed E-state index contributed by atoms with van der Waals surface area (Å²) in [5.74, 6) is -0.748. The minimum Gasteiger partial charge on any atom is -0.303 e. The van der Waals surface area contributed by atoms with Crippen LogP contribution in [0.25, 0.3) is 0 Å². The van der Waals surface area contributed by atoms with Crippen LogP contribution in [0, 0.1) is 11.6 Å². The molecule has 106 valence electrons. The molecule has 1 N–H and O–H groups in total. The number of rotatable bonds is 3. The van der Waals surface area contributed by atoms with Crippen LogP contribution < -0.4 is 5.32 Å². The summed E-state index contributed by atoms with van der Waals surface area (Å²) in [6, 6.07) is 5.81. The monoisotopic (exact) mass is 293 g/mol. The van der Waals surface area contributed by atoms with Crippen LogP contribution in [0.3, 0.4) is 0 Å². The van der Waals surface area contributed by atoms with Gasteiger partial charge in [0.25, 0.3) is 0 Å². The summed E-state index contributed by atoms with van der Waals surface area (Å²) in [5.41, 5.74) is 1.72. The third-order valence-corrected chi connectivity index (χ3v) is 4.92. The maximum atomic E-state index is 13.8. The highest BCUT2D eigenvalue weighted by atomic mass is 32.1. The van der Waals surface area contributed by atoms with Crippen LogP contribution in [0.2, 0.25) is 0 Å². The van der Waals surface area contributed by atoms with Crippen LogP contribution in [-0.4, -0.2) is 0 Å². The minimum atomic E-state index is -0.394. The van der Waals surface area contributed by atoms with Crippen LogP contribution in [0.15, 0.2) is 29.6 Å². The Hall–Kier alpha value is -1.26. The third-order valence-electron chi connectivity index (χ3n) is 3.93. The highest BCUT2D eigenvalue weighted by Gasteiger charge is 2.23. The van der Waals surface area contributed by atoms with Crippen molar-refractivity contribution in [1.29, 1.82) is 0 Å². The lowest BCUT2D eigenvalue weighted by Gasteiger charge is -2.27. The second-order valence-corrected chi connectivity index (χ2v) is 6.30. The summed E-state index contributed by atoms with van der Waals surface area (Å²) in [7, 11) is 0. The van der Waals surface area contributed by atoms with E-state index in [1.54, 1.807) is 11.3 Å². The van der Waals surface area contributed by atoms with Crippen molar-refractivity contribution in [3.05, 3.63) is 57.3 Å².